The van der Waals surface area contributed by atoms with Crippen molar-refractivity contribution in [3.8, 4) is 22.1 Å². The van der Waals surface area contributed by atoms with Crippen LogP contribution in [-0.4, -0.2) is 16.1 Å². The molecule has 1 N–H and O–H groups in total. The van der Waals surface area contributed by atoms with Gasteiger partial charge in [0.25, 0.3) is 0 Å². The lowest BCUT2D eigenvalue weighted by Crippen LogP contribution is -1.99. The van der Waals surface area contributed by atoms with Crippen molar-refractivity contribution in [2.75, 3.05) is 0 Å². The predicted molar refractivity (Wildman–Crippen MR) is 90.4 cm³/mol. The second-order valence-corrected chi connectivity index (χ2v) is 6.04. The van der Waals surface area contributed by atoms with Crippen molar-refractivity contribution >= 4 is 28.9 Å². The van der Waals surface area contributed by atoms with Gasteiger partial charge in [-0.15, -0.1) is 11.3 Å². The van der Waals surface area contributed by atoms with E-state index in [0.29, 0.717) is 22.2 Å². The highest BCUT2D eigenvalue weighted by molar-refractivity contribution is 7.13. The van der Waals surface area contributed by atoms with Gasteiger partial charge in [0, 0.05) is 10.9 Å². The fourth-order valence-corrected chi connectivity index (χ4v) is 3.00. The molecule has 0 atom stereocenters. The Bertz CT molecular complexity index is 830. The van der Waals surface area contributed by atoms with Crippen molar-refractivity contribution in [1.29, 1.82) is 0 Å². The number of aromatic nitrogens is 1. The van der Waals surface area contributed by atoms with E-state index in [1.54, 1.807) is 17.5 Å². The largest absolute Gasteiger partial charge is 0.481 e. The third-order valence-electron chi connectivity index (χ3n) is 3.05. The van der Waals surface area contributed by atoms with Gasteiger partial charge >= 0.3 is 5.97 Å². The number of benzene rings is 2. The Kier molecular flexibility index (Phi) is 4.60. The van der Waals surface area contributed by atoms with Gasteiger partial charge in [-0.25, -0.2) is 4.98 Å². The number of rotatable bonds is 5. The summed E-state index contributed by atoms with van der Waals surface area (Å²) in [6, 6.07) is 14.7. The second-order valence-electron chi connectivity index (χ2n) is 4.77. The number of halogens is 1. The molecular weight excluding hydrogens is 334 g/mol. The van der Waals surface area contributed by atoms with Gasteiger partial charge in [-0.2, -0.15) is 0 Å². The normalized spacial score (nSPS) is 10.5. The van der Waals surface area contributed by atoms with Gasteiger partial charge in [-0.05, 0) is 36.4 Å². The first kappa shape index (κ1) is 15.5. The minimum atomic E-state index is -0.884. The standard InChI is InChI=1S/C17H12ClNO3S/c18-14-3-1-2-4-15(14)22-13-7-5-11(6-8-13)17-19-12(10-23-17)9-16(20)21/h1-8,10H,9H2,(H,20,21). The summed E-state index contributed by atoms with van der Waals surface area (Å²) in [7, 11) is 0. The number of hydrogen-bond donors (Lipinski definition) is 1. The first-order valence-electron chi connectivity index (χ1n) is 6.81. The van der Waals surface area contributed by atoms with Gasteiger partial charge in [-0.1, -0.05) is 23.7 Å². The number of hydrogen-bond acceptors (Lipinski definition) is 4. The van der Waals surface area contributed by atoms with Crippen LogP contribution in [0.5, 0.6) is 11.5 Å². The molecule has 23 heavy (non-hydrogen) atoms. The monoisotopic (exact) mass is 345 g/mol. The maximum Gasteiger partial charge on any atom is 0.309 e. The number of nitrogens with zero attached hydrogens (tertiary/aromatic N) is 1. The van der Waals surface area contributed by atoms with Gasteiger partial charge in [0.05, 0.1) is 17.1 Å². The number of carbonyl (C=O) groups is 1. The molecule has 1 aromatic heterocycles. The van der Waals surface area contributed by atoms with E-state index in [4.69, 9.17) is 21.4 Å². The first-order valence-corrected chi connectivity index (χ1v) is 8.06. The van der Waals surface area contributed by atoms with E-state index in [9.17, 15) is 4.79 Å². The lowest BCUT2D eigenvalue weighted by atomic mass is 10.2. The molecule has 0 aliphatic heterocycles. The van der Waals surface area contributed by atoms with Crippen molar-refractivity contribution in [3.63, 3.8) is 0 Å². The van der Waals surface area contributed by atoms with E-state index < -0.39 is 5.97 Å². The molecule has 0 radical (unpaired) electrons. The van der Waals surface area contributed by atoms with Gasteiger partial charge in [0.1, 0.15) is 16.5 Å². The zero-order chi connectivity index (χ0) is 16.2. The van der Waals surface area contributed by atoms with Crippen LogP contribution in [0, 0.1) is 0 Å². The summed E-state index contributed by atoms with van der Waals surface area (Å²) < 4.78 is 5.73. The number of aliphatic carboxylic acids is 1. The molecule has 6 heteroatoms. The van der Waals surface area contributed by atoms with Crippen LogP contribution in [0.3, 0.4) is 0 Å². The van der Waals surface area contributed by atoms with Crippen LogP contribution in [0.2, 0.25) is 5.02 Å². The molecule has 3 aromatic rings. The summed E-state index contributed by atoms with van der Waals surface area (Å²) in [4.78, 5) is 15.0. The van der Waals surface area contributed by atoms with E-state index in [1.165, 1.54) is 11.3 Å². The Balaban J connectivity index is 1.75. The highest BCUT2D eigenvalue weighted by Crippen LogP contribution is 2.31. The summed E-state index contributed by atoms with van der Waals surface area (Å²) >= 11 is 7.48. The molecule has 0 saturated heterocycles. The average Bonchev–Trinajstić information content (AvgIpc) is 2.98. The Labute approximate surface area is 142 Å². The van der Waals surface area contributed by atoms with Gasteiger partial charge in [0.15, 0.2) is 0 Å². The molecule has 0 aliphatic rings. The molecular formula is C17H12ClNO3S. The zero-order valence-electron chi connectivity index (χ0n) is 11.9. The van der Waals surface area contributed by atoms with Crippen LogP contribution in [0.25, 0.3) is 10.6 Å². The Morgan fingerprint density at radius 1 is 1.17 bits per heavy atom. The fraction of sp³-hybridized carbons (Fsp3) is 0.0588. The number of thiazole rings is 1. The zero-order valence-corrected chi connectivity index (χ0v) is 13.5. The minimum Gasteiger partial charge on any atom is -0.481 e. The number of carboxylic acids is 1. The van der Waals surface area contributed by atoms with Crippen molar-refractivity contribution in [2.24, 2.45) is 0 Å². The quantitative estimate of drug-likeness (QED) is 0.715. The average molecular weight is 346 g/mol. The van der Waals surface area contributed by atoms with Crippen LogP contribution in [0.15, 0.2) is 53.9 Å². The van der Waals surface area contributed by atoms with Crippen LogP contribution >= 0.6 is 22.9 Å². The van der Waals surface area contributed by atoms with Crippen LogP contribution in [-0.2, 0) is 11.2 Å². The third-order valence-corrected chi connectivity index (χ3v) is 4.30. The van der Waals surface area contributed by atoms with E-state index >= 15 is 0 Å². The summed E-state index contributed by atoms with van der Waals surface area (Å²) in [5.41, 5.74) is 1.48. The van der Waals surface area contributed by atoms with Crippen LogP contribution in [0.1, 0.15) is 5.69 Å². The molecule has 1 heterocycles. The number of para-hydroxylation sites is 1. The SMILES string of the molecule is O=C(O)Cc1csc(-c2ccc(Oc3ccccc3Cl)cc2)n1. The number of ether oxygens (including phenoxy) is 1. The van der Waals surface area contributed by atoms with Crippen LogP contribution in [0.4, 0.5) is 0 Å². The predicted octanol–water partition coefficient (Wildman–Crippen LogP) is 4.88. The molecule has 0 unspecified atom stereocenters. The summed E-state index contributed by atoms with van der Waals surface area (Å²) in [5, 5.41) is 11.9. The minimum absolute atomic E-state index is 0.0653. The highest BCUT2D eigenvalue weighted by Gasteiger charge is 2.08. The summed E-state index contributed by atoms with van der Waals surface area (Å²) in [5.74, 6) is 0.384. The molecule has 0 fully saturated rings. The van der Waals surface area contributed by atoms with Crippen molar-refractivity contribution in [2.45, 2.75) is 6.42 Å². The van der Waals surface area contributed by atoms with E-state index in [0.717, 1.165) is 10.6 Å². The molecule has 0 aliphatic carbocycles. The Hall–Kier alpha value is -2.37. The molecule has 116 valence electrons. The molecule has 0 saturated carbocycles. The lowest BCUT2D eigenvalue weighted by molar-refractivity contribution is -0.136. The summed E-state index contributed by atoms with van der Waals surface area (Å²) in [6.07, 6.45) is -0.0653. The molecule has 2 aromatic carbocycles. The van der Waals surface area contributed by atoms with E-state index in [-0.39, 0.29) is 6.42 Å². The van der Waals surface area contributed by atoms with Gasteiger partial charge in [0.2, 0.25) is 0 Å². The maximum absolute atomic E-state index is 10.7. The third kappa shape index (κ3) is 3.88. The smallest absolute Gasteiger partial charge is 0.309 e. The van der Waals surface area contributed by atoms with Crippen molar-refractivity contribution < 1.29 is 14.6 Å². The molecule has 4 nitrogen and oxygen atoms in total. The highest BCUT2D eigenvalue weighted by atomic mass is 35.5. The Morgan fingerprint density at radius 3 is 2.61 bits per heavy atom. The van der Waals surface area contributed by atoms with Crippen molar-refractivity contribution in [3.05, 3.63) is 64.6 Å². The maximum atomic E-state index is 10.7. The van der Waals surface area contributed by atoms with Gasteiger partial charge < -0.3 is 9.84 Å². The Morgan fingerprint density at radius 2 is 1.91 bits per heavy atom. The van der Waals surface area contributed by atoms with E-state index in [1.807, 2.05) is 36.4 Å². The molecule has 0 bridgehead atoms. The molecule has 0 amide bonds. The van der Waals surface area contributed by atoms with E-state index in [2.05, 4.69) is 4.98 Å². The van der Waals surface area contributed by atoms with Crippen molar-refractivity contribution in [1.82, 2.24) is 4.98 Å². The second kappa shape index (κ2) is 6.81. The first-order chi connectivity index (χ1) is 11.1. The molecule has 0 spiro atoms. The van der Waals surface area contributed by atoms with Gasteiger partial charge in [-0.3, -0.25) is 4.79 Å². The number of carboxylic acid groups (broad SMARTS) is 1. The summed E-state index contributed by atoms with van der Waals surface area (Å²) in [6.45, 7) is 0. The lowest BCUT2D eigenvalue weighted by Gasteiger charge is -2.07. The topological polar surface area (TPSA) is 59.4 Å². The molecule has 3 rings (SSSR count). The van der Waals surface area contributed by atoms with Crippen LogP contribution < -0.4 is 4.74 Å². The fourth-order valence-electron chi connectivity index (χ4n) is 2.00.